The highest BCUT2D eigenvalue weighted by Crippen LogP contribution is 2.22. The third kappa shape index (κ3) is 2.88. The fourth-order valence-corrected chi connectivity index (χ4v) is 3.01. The Morgan fingerprint density at radius 3 is 2.75 bits per heavy atom. The zero-order valence-electron chi connectivity index (χ0n) is 14.1. The summed E-state index contributed by atoms with van der Waals surface area (Å²) in [5.41, 5.74) is 10.5. The summed E-state index contributed by atoms with van der Waals surface area (Å²) in [6.45, 7) is 4.20. The van der Waals surface area contributed by atoms with E-state index < -0.39 is 6.04 Å². The van der Waals surface area contributed by atoms with Crippen LogP contribution in [0, 0.1) is 13.8 Å². The number of benzene rings is 1. The summed E-state index contributed by atoms with van der Waals surface area (Å²) in [5, 5.41) is 8.04. The Morgan fingerprint density at radius 2 is 2.04 bits per heavy atom. The van der Waals surface area contributed by atoms with Crippen molar-refractivity contribution in [3.63, 3.8) is 0 Å². The lowest BCUT2D eigenvalue weighted by Crippen LogP contribution is -2.36. The summed E-state index contributed by atoms with van der Waals surface area (Å²) < 4.78 is 0. The van der Waals surface area contributed by atoms with Gasteiger partial charge in [0, 0.05) is 36.4 Å². The number of hydrogen-bond donors (Lipinski definition) is 2. The van der Waals surface area contributed by atoms with Gasteiger partial charge in [0.05, 0.1) is 11.2 Å². The number of aromatic amines is 1. The smallest absolute Gasteiger partial charge is 0.244 e. The first-order chi connectivity index (χ1) is 11.5. The number of pyridine rings is 1. The van der Waals surface area contributed by atoms with Crippen LogP contribution in [-0.4, -0.2) is 33.0 Å². The fourth-order valence-electron chi connectivity index (χ4n) is 3.01. The molecule has 2 heterocycles. The number of fused-ring (bicyclic) bond motifs is 1. The van der Waals surface area contributed by atoms with E-state index in [0.717, 1.165) is 33.4 Å². The maximum Gasteiger partial charge on any atom is 0.244 e. The van der Waals surface area contributed by atoms with E-state index in [4.69, 9.17) is 5.73 Å². The molecule has 3 aromatic rings. The summed E-state index contributed by atoms with van der Waals surface area (Å²) in [7, 11) is 1.77. The molecule has 24 heavy (non-hydrogen) atoms. The van der Waals surface area contributed by atoms with E-state index in [1.165, 1.54) is 0 Å². The predicted molar refractivity (Wildman–Crippen MR) is 93.2 cm³/mol. The van der Waals surface area contributed by atoms with Crippen molar-refractivity contribution >= 4 is 16.8 Å². The molecular weight excluding hydrogens is 302 g/mol. The van der Waals surface area contributed by atoms with Gasteiger partial charge in [0.15, 0.2) is 0 Å². The largest absolute Gasteiger partial charge is 0.340 e. The van der Waals surface area contributed by atoms with E-state index in [1.54, 1.807) is 18.1 Å². The van der Waals surface area contributed by atoms with Crippen molar-refractivity contribution in [3.8, 4) is 0 Å². The number of amides is 1. The second-order valence-electron chi connectivity index (χ2n) is 6.01. The van der Waals surface area contributed by atoms with Crippen LogP contribution in [0.3, 0.4) is 0 Å². The molecule has 0 aliphatic carbocycles. The molecule has 3 N–H and O–H groups in total. The maximum atomic E-state index is 12.7. The minimum atomic E-state index is -0.721. The van der Waals surface area contributed by atoms with Crippen LogP contribution >= 0.6 is 0 Å². The van der Waals surface area contributed by atoms with Crippen molar-refractivity contribution in [2.24, 2.45) is 5.73 Å². The van der Waals surface area contributed by atoms with Crippen LogP contribution in [0.1, 0.15) is 28.6 Å². The lowest BCUT2D eigenvalue weighted by molar-refractivity contribution is -0.132. The highest BCUT2D eigenvalue weighted by atomic mass is 16.2. The molecule has 6 heteroatoms. The fraction of sp³-hybridized carbons (Fsp3) is 0.278. The average Bonchev–Trinajstić information content (AvgIpc) is 2.92. The molecule has 0 bridgehead atoms. The zero-order valence-corrected chi connectivity index (χ0v) is 14.1. The van der Waals surface area contributed by atoms with Crippen molar-refractivity contribution in [2.75, 3.05) is 7.05 Å². The molecule has 3 rings (SSSR count). The molecule has 1 aromatic carbocycles. The first kappa shape index (κ1) is 16.1. The topological polar surface area (TPSA) is 87.9 Å². The molecule has 124 valence electrons. The SMILES string of the molecule is Cc1n[nH]c(C)c1[C@@H](N)C(=O)N(C)Cc1ccnc2ccccc12. The van der Waals surface area contributed by atoms with E-state index in [2.05, 4.69) is 15.2 Å². The van der Waals surface area contributed by atoms with Gasteiger partial charge >= 0.3 is 0 Å². The van der Waals surface area contributed by atoms with Crippen LogP contribution in [0.15, 0.2) is 36.5 Å². The number of nitrogens with zero attached hydrogens (tertiary/aromatic N) is 3. The number of carbonyl (C=O) groups is 1. The molecule has 1 atom stereocenters. The van der Waals surface area contributed by atoms with Crippen molar-refractivity contribution in [1.29, 1.82) is 0 Å². The van der Waals surface area contributed by atoms with Crippen LogP contribution in [0.4, 0.5) is 0 Å². The van der Waals surface area contributed by atoms with Crippen molar-refractivity contribution < 1.29 is 4.79 Å². The standard InChI is InChI=1S/C18H21N5O/c1-11-16(12(2)22-21-11)17(19)18(24)23(3)10-13-8-9-20-15-7-5-4-6-14(13)15/h4-9,17H,10,19H2,1-3H3,(H,21,22)/t17-/m1/s1. The number of para-hydroxylation sites is 1. The number of nitrogens with two attached hydrogens (primary N) is 1. The van der Waals surface area contributed by atoms with E-state index >= 15 is 0 Å². The van der Waals surface area contributed by atoms with Gasteiger partial charge in [-0.1, -0.05) is 18.2 Å². The molecule has 0 radical (unpaired) electrons. The number of nitrogens with one attached hydrogen (secondary N) is 1. The Morgan fingerprint density at radius 1 is 1.29 bits per heavy atom. The number of rotatable bonds is 4. The number of carbonyl (C=O) groups excluding carboxylic acids is 1. The van der Waals surface area contributed by atoms with Crippen molar-refractivity contribution in [3.05, 3.63) is 59.0 Å². The molecular formula is C18H21N5O. The van der Waals surface area contributed by atoms with Gasteiger partial charge in [-0.2, -0.15) is 5.10 Å². The highest BCUT2D eigenvalue weighted by molar-refractivity contribution is 5.85. The Bertz CT molecular complexity index is 861. The van der Waals surface area contributed by atoms with Crippen LogP contribution in [0.25, 0.3) is 10.9 Å². The molecule has 0 saturated heterocycles. The summed E-state index contributed by atoms with van der Waals surface area (Å²) in [4.78, 5) is 18.7. The van der Waals surface area contributed by atoms with Gasteiger partial charge in [0.1, 0.15) is 6.04 Å². The number of likely N-dealkylation sites (N-methyl/N-ethyl adjacent to an activating group) is 1. The Labute approximate surface area is 140 Å². The molecule has 0 aliphatic heterocycles. The molecule has 0 fully saturated rings. The van der Waals surface area contributed by atoms with Crippen LogP contribution in [-0.2, 0) is 11.3 Å². The Hall–Kier alpha value is -2.73. The molecule has 6 nitrogen and oxygen atoms in total. The average molecular weight is 323 g/mol. The third-order valence-corrected chi connectivity index (χ3v) is 4.29. The first-order valence-electron chi connectivity index (χ1n) is 7.83. The van der Waals surface area contributed by atoms with E-state index in [9.17, 15) is 4.79 Å². The van der Waals surface area contributed by atoms with E-state index in [0.29, 0.717) is 6.54 Å². The second-order valence-corrected chi connectivity index (χ2v) is 6.01. The normalized spacial score (nSPS) is 12.3. The number of aromatic nitrogens is 3. The zero-order chi connectivity index (χ0) is 17.3. The Balaban J connectivity index is 1.84. The lowest BCUT2D eigenvalue weighted by Gasteiger charge is -2.22. The van der Waals surface area contributed by atoms with Gasteiger partial charge in [-0.3, -0.25) is 14.9 Å². The maximum absolute atomic E-state index is 12.7. The number of aryl methyl sites for hydroxylation is 2. The minimum Gasteiger partial charge on any atom is -0.340 e. The van der Waals surface area contributed by atoms with Gasteiger partial charge in [-0.05, 0) is 31.5 Å². The molecule has 1 amide bonds. The molecule has 0 unspecified atom stereocenters. The second kappa shape index (κ2) is 6.41. The summed E-state index contributed by atoms with van der Waals surface area (Å²) in [5.74, 6) is -0.136. The lowest BCUT2D eigenvalue weighted by atomic mass is 10.0. The van der Waals surface area contributed by atoms with Crippen LogP contribution in [0.2, 0.25) is 0 Å². The van der Waals surface area contributed by atoms with Gasteiger partial charge in [-0.25, -0.2) is 0 Å². The number of hydrogen-bond acceptors (Lipinski definition) is 4. The minimum absolute atomic E-state index is 0.136. The van der Waals surface area contributed by atoms with Crippen LogP contribution in [0.5, 0.6) is 0 Å². The van der Waals surface area contributed by atoms with Crippen LogP contribution < -0.4 is 5.73 Å². The molecule has 0 aliphatic rings. The van der Waals surface area contributed by atoms with Gasteiger partial charge < -0.3 is 10.6 Å². The van der Waals surface area contributed by atoms with Crippen molar-refractivity contribution in [2.45, 2.75) is 26.4 Å². The van der Waals surface area contributed by atoms with Crippen molar-refractivity contribution in [1.82, 2.24) is 20.1 Å². The van der Waals surface area contributed by atoms with Gasteiger partial charge in [0.25, 0.3) is 0 Å². The first-order valence-corrected chi connectivity index (χ1v) is 7.83. The van der Waals surface area contributed by atoms with E-state index in [1.807, 2.05) is 44.2 Å². The molecule has 0 saturated carbocycles. The Kier molecular flexibility index (Phi) is 4.31. The summed E-state index contributed by atoms with van der Waals surface area (Å²) >= 11 is 0. The summed E-state index contributed by atoms with van der Waals surface area (Å²) in [6.07, 6.45) is 1.76. The monoisotopic (exact) mass is 323 g/mol. The molecule has 0 spiro atoms. The van der Waals surface area contributed by atoms with Gasteiger partial charge in [-0.15, -0.1) is 0 Å². The van der Waals surface area contributed by atoms with Gasteiger partial charge in [0.2, 0.25) is 5.91 Å². The third-order valence-electron chi connectivity index (χ3n) is 4.29. The van der Waals surface area contributed by atoms with E-state index in [-0.39, 0.29) is 5.91 Å². The summed E-state index contributed by atoms with van der Waals surface area (Å²) in [6, 6.07) is 9.12. The quantitative estimate of drug-likeness (QED) is 0.770. The highest BCUT2D eigenvalue weighted by Gasteiger charge is 2.25. The predicted octanol–water partition coefficient (Wildman–Crippen LogP) is 2.23. The molecule has 2 aromatic heterocycles. The number of H-pyrrole nitrogens is 1.